The van der Waals surface area contributed by atoms with Crippen molar-refractivity contribution in [1.29, 1.82) is 0 Å². The lowest BCUT2D eigenvalue weighted by Gasteiger charge is -2.14. The molecular weight excluding hydrogens is 412 g/mol. The lowest BCUT2D eigenvalue weighted by atomic mass is 10.0. The molecule has 1 amide bonds. The van der Waals surface area contributed by atoms with Gasteiger partial charge < -0.3 is 10.1 Å². The maximum atomic E-state index is 13.4. The normalized spacial score (nSPS) is 10.8. The molecule has 0 atom stereocenters. The van der Waals surface area contributed by atoms with Crippen LogP contribution in [0.1, 0.15) is 23.6 Å². The zero-order chi connectivity index (χ0) is 23.2. The number of hydrogen-bond acceptors (Lipinski definition) is 3. The second-order valence-corrected chi connectivity index (χ2v) is 8.07. The van der Waals surface area contributed by atoms with Gasteiger partial charge in [-0.3, -0.25) is 14.2 Å². The molecule has 0 saturated heterocycles. The summed E-state index contributed by atoms with van der Waals surface area (Å²) in [5, 5.41) is 3.81. The fraction of sp³-hybridized carbons (Fsp3) is 0.214. The van der Waals surface area contributed by atoms with Crippen molar-refractivity contribution < 1.29 is 9.53 Å². The quantitative estimate of drug-likeness (QED) is 0.420. The van der Waals surface area contributed by atoms with Gasteiger partial charge in [-0.05, 0) is 66.1 Å². The Morgan fingerprint density at radius 2 is 1.67 bits per heavy atom. The minimum atomic E-state index is -0.245. The number of anilines is 1. The number of ether oxygens (including phenoxy) is 1. The molecule has 1 N–H and O–H groups in total. The summed E-state index contributed by atoms with van der Waals surface area (Å²) in [5.41, 5.74) is 4.31. The SMILES string of the molecule is CCc1ccc(NC(=O)Cn2c(=O)c(CCc3ccccc3)cc3ccc(OC)cc32)cc1. The molecule has 5 nitrogen and oxygen atoms in total. The summed E-state index contributed by atoms with van der Waals surface area (Å²) in [6.45, 7) is 2.02. The molecule has 0 spiro atoms. The molecule has 0 saturated carbocycles. The Kier molecular flexibility index (Phi) is 6.89. The fourth-order valence-electron chi connectivity index (χ4n) is 3.97. The van der Waals surface area contributed by atoms with Gasteiger partial charge in [0.15, 0.2) is 0 Å². The van der Waals surface area contributed by atoms with Crippen LogP contribution in [-0.2, 0) is 30.6 Å². The average Bonchev–Trinajstić information content (AvgIpc) is 2.85. The third-order valence-corrected chi connectivity index (χ3v) is 5.85. The Morgan fingerprint density at radius 1 is 0.909 bits per heavy atom. The molecule has 0 fully saturated rings. The summed E-state index contributed by atoms with van der Waals surface area (Å²) >= 11 is 0. The predicted octanol–water partition coefficient (Wildman–Crippen LogP) is 5.00. The van der Waals surface area contributed by atoms with Gasteiger partial charge in [0, 0.05) is 17.3 Å². The largest absolute Gasteiger partial charge is 0.497 e. The number of carbonyl (C=O) groups is 1. The molecule has 0 aliphatic heterocycles. The maximum absolute atomic E-state index is 13.4. The molecule has 4 aromatic rings. The van der Waals surface area contributed by atoms with E-state index in [-0.39, 0.29) is 18.0 Å². The number of rotatable bonds is 8. The number of nitrogens with one attached hydrogen (secondary N) is 1. The van der Waals surface area contributed by atoms with Crippen molar-refractivity contribution in [3.63, 3.8) is 0 Å². The summed E-state index contributed by atoms with van der Waals surface area (Å²) in [4.78, 5) is 26.3. The number of carbonyl (C=O) groups excluding carboxylic acids is 1. The van der Waals surface area contributed by atoms with Crippen LogP contribution < -0.4 is 15.6 Å². The number of nitrogens with zero attached hydrogens (tertiary/aromatic N) is 1. The first-order valence-corrected chi connectivity index (χ1v) is 11.2. The molecule has 0 bridgehead atoms. The minimum Gasteiger partial charge on any atom is -0.497 e. The van der Waals surface area contributed by atoms with E-state index in [1.165, 1.54) is 11.1 Å². The average molecular weight is 441 g/mol. The molecule has 0 aliphatic rings. The van der Waals surface area contributed by atoms with Gasteiger partial charge in [0.2, 0.25) is 5.91 Å². The van der Waals surface area contributed by atoms with E-state index in [0.29, 0.717) is 28.9 Å². The van der Waals surface area contributed by atoms with Crippen molar-refractivity contribution in [2.75, 3.05) is 12.4 Å². The zero-order valence-corrected chi connectivity index (χ0v) is 19.0. The lowest BCUT2D eigenvalue weighted by molar-refractivity contribution is -0.116. The first kappa shape index (κ1) is 22.3. The highest BCUT2D eigenvalue weighted by atomic mass is 16.5. The highest BCUT2D eigenvalue weighted by molar-refractivity contribution is 5.92. The second-order valence-electron chi connectivity index (χ2n) is 8.07. The fourth-order valence-corrected chi connectivity index (χ4v) is 3.97. The lowest BCUT2D eigenvalue weighted by Crippen LogP contribution is -2.30. The molecule has 0 unspecified atom stereocenters. The first-order valence-electron chi connectivity index (χ1n) is 11.2. The van der Waals surface area contributed by atoms with E-state index in [2.05, 4.69) is 24.4 Å². The smallest absolute Gasteiger partial charge is 0.254 e. The van der Waals surface area contributed by atoms with Gasteiger partial charge in [-0.25, -0.2) is 0 Å². The Morgan fingerprint density at radius 3 is 2.36 bits per heavy atom. The van der Waals surface area contributed by atoms with Crippen LogP contribution in [0.15, 0.2) is 83.7 Å². The highest BCUT2D eigenvalue weighted by Gasteiger charge is 2.14. The molecule has 0 aliphatic carbocycles. The first-order chi connectivity index (χ1) is 16.1. The van der Waals surface area contributed by atoms with E-state index < -0.39 is 0 Å². The molecule has 0 radical (unpaired) electrons. The van der Waals surface area contributed by atoms with E-state index in [1.54, 1.807) is 17.7 Å². The number of amides is 1. The molecule has 3 aromatic carbocycles. The van der Waals surface area contributed by atoms with Crippen LogP contribution in [0.4, 0.5) is 5.69 Å². The predicted molar refractivity (Wildman–Crippen MR) is 133 cm³/mol. The highest BCUT2D eigenvalue weighted by Crippen LogP contribution is 2.21. The number of hydrogen-bond donors (Lipinski definition) is 1. The molecule has 1 aromatic heterocycles. The number of methoxy groups -OCH3 is 1. The number of fused-ring (bicyclic) bond motifs is 1. The second kappa shape index (κ2) is 10.2. The number of aromatic nitrogens is 1. The van der Waals surface area contributed by atoms with Crippen molar-refractivity contribution in [1.82, 2.24) is 4.57 Å². The van der Waals surface area contributed by atoms with Crippen molar-refractivity contribution in [2.24, 2.45) is 0 Å². The van der Waals surface area contributed by atoms with Gasteiger partial charge in [-0.2, -0.15) is 0 Å². The topological polar surface area (TPSA) is 60.3 Å². The monoisotopic (exact) mass is 440 g/mol. The Hall–Kier alpha value is -3.86. The number of pyridine rings is 1. The van der Waals surface area contributed by atoms with Gasteiger partial charge in [-0.1, -0.05) is 49.4 Å². The van der Waals surface area contributed by atoms with Crippen LogP contribution in [0.3, 0.4) is 0 Å². The van der Waals surface area contributed by atoms with Gasteiger partial charge in [-0.15, -0.1) is 0 Å². The third kappa shape index (κ3) is 5.32. The van der Waals surface area contributed by atoms with Crippen LogP contribution in [0, 0.1) is 0 Å². The van der Waals surface area contributed by atoms with E-state index in [9.17, 15) is 9.59 Å². The standard InChI is InChI=1S/C28H28N2O3/c1-3-20-10-14-24(15-11-20)29-27(31)19-30-26-18-25(33-2)16-13-22(26)17-23(28(30)32)12-9-21-7-5-4-6-8-21/h4-8,10-11,13-18H,3,9,12,19H2,1-2H3,(H,29,31). The number of aryl methyl sites for hydroxylation is 3. The van der Waals surface area contributed by atoms with Crippen molar-refractivity contribution in [3.05, 3.63) is 106 Å². The summed E-state index contributed by atoms with van der Waals surface area (Å²) in [6, 6.07) is 25.4. The van der Waals surface area contributed by atoms with Gasteiger partial charge in [0.1, 0.15) is 12.3 Å². The summed E-state index contributed by atoms with van der Waals surface area (Å²) in [7, 11) is 1.59. The van der Waals surface area contributed by atoms with Gasteiger partial charge in [0.25, 0.3) is 5.56 Å². The van der Waals surface area contributed by atoms with Gasteiger partial charge >= 0.3 is 0 Å². The van der Waals surface area contributed by atoms with Crippen molar-refractivity contribution >= 4 is 22.5 Å². The Labute approximate surface area is 193 Å². The maximum Gasteiger partial charge on any atom is 0.254 e. The van der Waals surface area contributed by atoms with E-state index in [4.69, 9.17) is 4.74 Å². The van der Waals surface area contributed by atoms with E-state index in [0.717, 1.165) is 18.2 Å². The van der Waals surface area contributed by atoms with Crippen LogP contribution in [-0.4, -0.2) is 17.6 Å². The Balaban J connectivity index is 1.65. The third-order valence-electron chi connectivity index (χ3n) is 5.85. The minimum absolute atomic E-state index is 0.0722. The summed E-state index contributed by atoms with van der Waals surface area (Å²) in [5.74, 6) is 0.397. The molecule has 5 heteroatoms. The summed E-state index contributed by atoms with van der Waals surface area (Å²) in [6.07, 6.45) is 2.30. The van der Waals surface area contributed by atoms with E-state index >= 15 is 0 Å². The molecule has 4 rings (SSSR count). The van der Waals surface area contributed by atoms with Crippen LogP contribution in [0.2, 0.25) is 0 Å². The number of benzene rings is 3. The van der Waals surface area contributed by atoms with Crippen LogP contribution in [0.25, 0.3) is 10.9 Å². The molecule has 33 heavy (non-hydrogen) atoms. The van der Waals surface area contributed by atoms with Crippen LogP contribution >= 0.6 is 0 Å². The van der Waals surface area contributed by atoms with Crippen LogP contribution in [0.5, 0.6) is 5.75 Å². The molecule has 1 heterocycles. The zero-order valence-electron chi connectivity index (χ0n) is 19.0. The molecule has 168 valence electrons. The van der Waals surface area contributed by atoms with Gasteiger partial charge in [0.05, 0.1) is 12.6 Å². The summed E-state index contributed by atoms with van der Waals surface area (Å²) < 4.78 is 6.91. The van der Waals surface area contributed by atoms with Crippen molar-refractivity contribution in [3.8, 4) is 5.75 Å². The van der Waals surface area contributed by atoms with Crippen molar-refractivity contribution in [2.45, 2.75) is 32.7 Å². The molecular formula is C28H28N2O3. The van der Waals surface area contributed by atoms with E-state index in [1.807, 2.05) is 60.7 Å². The Bertz CT molecular complexity index is 1310.